The summed E-state index contributed by atoms with van der Waals surface area (Å²) in [4.78, 5) is 0. The van der Waals surface area contributed by atoms with Crippen molar-refractivity contribution in [3.8, 4) is 0 Å². The van der Waals surface area contributed by atoms with Crippen LogP contribution in [0.25, 0.3) is 0 Å². The third-order valence-electron chi connectivity index (χ3n) is 3.15. The summed E-state index contributed by atoms with van der Waals surface area (Å²) in [6.45, 7) is 3.85. The second-order valence-corrected chi connectivity index (χ2v) is 4.23. The quantitative estimate of drug-likeness (QED) is 0.677. The van der Waals surface area contributed by atoms with E-state index in [9.17, 15) is 5.11 Å². The molecule has 1 rings (SSSR count). The van der Waals surface area contributed by atoms with Crippen molar-refractivity contribution in [3.05, 3.63) is 0 Å². The maximum Gasteiger partial charge on any atom is 0.0615 e. The van der Waals surface area contributed by atoms with Gasteiger partial charge in [0.1, 0.15) is 0 Å². The van der Waals surface area contributed by atoms with Crippen LogP contribution < -0.4 is 5.32 Å². The van der Waals surface area contributed by atoms with E-state index in [0.717, 1.165) is 32.4 Å². The van der Waals surface area contributed by atoms with Gasteiger partial charge in [-0.3, -0.25) is 0 Å². The van der Waals surface area contributed by atoms with Crippen LogP contribution in [-0.4, -0.2) is 37.5 Å². The molecule has 1 fully saturated rings. The van der Waals surface area contributed by atoms with Crippen molar-refractivity contribution < 1.29 is 9.84 Å². The first-order valence-electron chi connectivity index (χ1n) is 5.68. The van der Waals surface area contributed by atoms with Crippen LogP contribution in [0, 0.1) is 5.92 Å². The molecule has 0 aromatic carbocycles. The van der Waals surface area contributed by atoms with Crippen LogP contribution in [0.15, 0.2) is 0 Å². The fourth-order valence-electron chi connectivity index (χ4n) is 2.10. The first kappa shape index (κ1) is 12.0. The lowest BCUT2D eigenvalue weighted by Crippen LogP contribution is -2.37. The van der Waals surface area contributed by atoms with Crippen LogP contribution in [0.2, 0.25) is 0 Å². The number of methoxy groups -OCH3 is 1. The number of hydrogen-bond acceptors (Lipinski definition) is 3. The van der Waals surface area contributed by atoms with Crippen molar-refractivity contribution in [2.24, 2.45) is 5.92 Å². The summed E-state index contributed by atoms with van der Waals surface area (Å²) in [6.07, 6.45) is 4.32. The van der Waals surface area contributed by atoms with Crippen molar-refractivity contribution in [2.75, 3.05) is 20.3 Å². The lowest BCUT2D eigenvalue weighted by atomic mass is 10.1. The SMILES string of the molecule is CCC(COC)NCC1CCCC1O. The molecule has 0 aromatic heterocycles. The van der Waals surface area contributed by atoms with Gasteiger partial charge in [0.25, 0.3) is 0 Å². The zero-order valence-corrected chi connectivity index (χ0v) is 9.33. The zero-order valence-electron chi connectivity index (χ0n) is 9.33. The van der Waals surface area contributed by atoms with Crippen molar-refractivity contribution >= 4 is 0 Å². The molecule has 1 saturated carbocycles. The molecule has 14 heavy (non-hydrogen) atoms. The van der Waals surface area contributed by atoms with Crippen molar-refractivity contribution in [3.63, 3.8) is 0 Å². The molecule has 0 aliphatic heterocycles. The Morgan fingerprint density at radius 1 is 1.50 bits per heavy atom. The number of nitrogens with one attached hydrogen (secondary N) is 1. The van der Waals surface area contributed by atoms with Gasteiger partial charge in [0.2, 0.25) is 0 Å². The Balaban J connectivity index is 2.17. The monoisotopic (exact) mass is 201 g/mol. The third-order valence-corrected chi connectivity index (χ3v) is 3.15. The molecule has 3 atom stereocenters. The minimum Gasteiger partial charge on any atom is -0.393 e. The van der Waals surface area contributed by atoms with Gasteiger partial charge in [-0.1, -0.05) is 13.3 Å². The number of aliphatic hydroxyl groups is 1. The summed E-state index contributed by atoms with van der Waals surface area (Å²) in [7, 11) is 1.73. The van der Waals surface area contributed by atoms with Crippen LogP contribution in [0.4, 0.5) is 0 Å². The van der Waals surface area contributed by atoms with Gasteiger partial charge in [-0.2, -0.15) is 0 Å². The summed E-state index contributed by atoms with van der Waals surface area (Å²) in [5, 5.41) is 13.1. The van der Waals surface area contributed by atoms with E-state index in [-0.39, 0.29) is 6.10 Å². The maximum atomic E-state index is 9.63. The van der Waals surface area contributed by atoms with Crippen molar-refractivity contribution in [2.45, 2.75) is 44.8 Å². The van der Waals surface area contributed by atoms with Gasteiger partial charge in [0.15, 0.2) is 0 Å². The summed E-state index contributed by atoms with van der Waals surface area (Å²) in [5.74, 6) is 0.459. The predicted molar refractivity (Wildman–Crippen MR) is 57.3 cm³/mol. The lowest BCUT2D eigenvalue weighted by molar-refractivity contribution is 0.120. The number of rotatable bonds is 6. The Morgan fingerprint density at radius 3 is 2.79 bits per heavy atom. The molecule has 1 aliphatic rings. The second kappa shape index (κ2) is 6.38. The van der Waals surface area contributed by atoms with Gasteiger partial charge in [0.05, 0.1) is 12.7 Å². The molecule has 0 bridgehead atoms. The first-order valence-corrected chi connectivity index (χ1v) is 5.68. The van der Waals surface area contributed by atoms with Crippen LogP contribution >= 0.6 is 0 Å². The summed E-state index contributed by atoms with van der Waals surface area (Å²) < 4.78 is 5.11. The zero-order chi connectivity index (χ0) is 10.4. The predicted octanol–water partition coefficient (Wildman–Crippen LogP) is 1.16. The number of hydrogen-bond donors (Lipinski definition) is 2. The number of ether oxygens (including phenoxy) is 1. The normalized spacial score (nSPS) is 29.4. The molecule has 0 spiro atoms. The van der Waals surface area contributed by atoms with Gasteiger partial charge in [-0.25, -0.2) is 0 Å². The van der Waals surface area contributed by atoms with Crippen LogP contribution in [-0.2, 0) is 4.74 Å². The number of aliphatic hydroxyl groups excluding tert-OH is 1. The smallest absolute Gasteiger partial charge is 0.0615 e. The molecule has 2 N–H and O–H groups in total. The molecule has 0 radical (unpaired) electrons. The highest BCUT2D eigenvalue weighted by Crippen LogP contribution is 2.24. The Hall–Kier alpha value is -0.120. The molecule has 0 aromatic rings. The van der Waals surface area contributed by atoms with E-state index >= 15 is 0 Å². The largest absolute Gasteiger partial charge is 0.393 e. The fraction of sp³-hybridized carbons (Fsp3) is 1.00. The summed E-state index contributed by atoms with van der Waals surface area (Å²) >= 11 is 0. The molecule has 3 nitrogen and oxygen atoms in total. The standard InChI is InChI=1S/C11H23NO2/c1-3-10(8-14-2)12-7-9-5-4-6-11(9)13/h9-13H,3-8H2,1-2H3. The van der Waals surface area contributed by atoms with Crippen molar-refractivity contribution in [1.29, 1.82) is 0 Å². The van der Waals surface area contributed by atoms with E-state index in [2.05, 4.69) is 12.2 Å². The van der Waals surface area contributed by atoms with Gasteiger partial charge < -0.3 is 15.2 Å². The van der Waals surface area contributed by atoms with Gasteiger partial charge >= 0.3 is 0 Å². The molecular weight excluding hydrogens is 178 g/mol. The summed E-state index contributed by atoms with van der Waals surface area (Å²) in [5.41, 5.74) is 0. The summed E-state index contributed by atoms with van der Waals surface area (Å²) in [6, 6.07) is 0.438. The Labute approximate surface area is 86.8 Å². The molecule has 3 heteroatoms. The Bertz CT molecular complexity index is 152. The lowest BCUT2D eigenvalue weighted by Gasteiger charge is -2.20. The van der Waals surface area contributed by atoms with Gasteiger partial charge in [-0.15, -0.1) is 0 Å². The van der Waals surface area contributed by atoms with E-state index in [1.165, 1.54) is 6.42 Å². The van der Waals surface area contributed by atoms with Crippen LogP contribution in [0.3, 0.4) is 0 Å². The molecule has 0 saturated heterocycles. The van der Waals surface area contributed by atoms with Crippen molar-refractivity contribution in [1.82, 2.24) is 5.32 Å². The average molecular weight is 201 g/mol. The van der Waals surface area contributed by atoms with E-state index in [1.54, 1.807) is 7.11 Å². The molecular formula is C11H23NO2. The Kier molecular flexibility index (Phi) is 5.45. The van der Waals surface area contributed by atoms with Crippen LogP contribution in [0.5, 0.6) is 0 Å². The Morgan fingerprint density at radius 2 is 2.29 bits per heavy atom. The molecule has 3 unspecified atom stereocenters. The molecule has 84 valence electrons. The van der Waals surface area contributed by atoms with Gasteiger partial charge in [-0.05, 0) is 25.2 Å². The third kappa shape index (κ3) is 3.56. The van der Waals surface area contributed by atoms with E-state index < -0.39 is 0 Å². The highest BCUT2D eigenvalue weighted by molar-refractivity contribution is 4.79. The molecule has 0 heterocycles. The van der Waals surface area contributed by atoms with E-state index in [1.807, 2.05) is 0 Å². The van der Waals surface area contributed by atoms with E-state index in [4.69, 9.17) is 4.74 Å². The maximum absolute atomic E-state index is 9.63. The van der Waals surface area contributed by atoms with E-state index in [0.29, 0.717) is 12.0 Å². The average Bonchev–Trinajstić information content (AvgIpc) is 2.59. The van der Waals surface area contributed by atoms with Crippen LogP contribution in [0.1, 0.15) is 32.6 Å². The fourth-order valence-corrected chi connectivity index (χ4v) is 2.10. The highest BCUT2D eigenvalue weighted by atomic mass is 16.5. The van der Waals surface area contributed by atoms with Gasteiger partial charge in [0, 0.05) is 19.7 Å². The minimum atomic E-state index is -0.0810. The molecule has 1 aliphatic carbocycles. The highest BCUT2D eigenvalue weighted by Gasteiger charge is 2.25. The minimum absolute atomic E-state index is 0.0810. The first-order chi connectivity index (χ1) is 6.77. The molecule has 0 amide bonds. The topological polar surface area (TPSA) is 41.5 Å². The second-order valence-electron chi connectivity index (χ2n) is 4.23.